The fourth-order valence-electron chi connectivity index (χ4n) is 1.72. The van der Waals surface area contributed by atoms with Crippen molar-refractivity contribution in [1.82, 2.24) is 0 Å². The molecular weight excluding hydrogens is 272 g/mol. The standard InChI is InChI=1S/C19H38OSi/c1-16(2)11-13-19(7,8)14-12-17(3)15-20-21(9,10)18(4,5)6/h11,13,17H,1,12,14-15H2,2-10H3/b13-11+. The van der Waals surface area contributed by atoms with Crippen LogP contribution in [-0.4, -0.2) is 14.9 Å². The van der Waals surface area contributed by atoms with Crippen LogP contribution in [0.5, 0.6) is 0 Å². The minimum absolute atomic E-state index is 0.240. The van der Waals surface area contributed by atoms with Crippen LogP contribution in [0.2, 0.25) is 18.1 Å². The Morgan fingerprint density at radius 3 is 2.14 bits per heavy atom. The number of hydrogen-bond donors (Lipinski definition) is 0. The summed E-state index contributed by atoms with van der Waals surface area (Å²) in [6, 6.07) is 0. The van der Waals surface area contributed by atoms with Crippen molar-refractivity contribution in [3.05, 3.63) is 24.3 Å². The number of allylic oxidation sites excluding steroid dienone is 3. The van der Waals surface area contributed by atoms with E-state index in [4.69, 9.17) is 4.43 Å². The molecule has 0 bridgehead atoms. The molecule has 0 spiro atoms. The second-order valence-electron chi connectivity index (χ2n) is 8.88. The number of hydrogen-bond acceptors (Lipinski definition) is 1. The van der Waals surface area contributed by atoms with Gasteiger partial charge in [0.1, 0.15) is 0 Å². The summed E-state index contributed by atoms with van der Waals surface area (Å²) in [7, 11) is -1.60. The lowest BCUT2D eigenvalue weighted by atomic mass is 9.84. The summed E-state index contributed by atoms with van der Waals surface area (Å²) in [5.74, 6) is 0.622. The maximum Gasteiger partial charge on any atom is 0.191 e. The Hall–Kier alpha value is -0.343. The fraction of sp³-hybridized carbons (Fsp3) is 0.789. The molecular formula is C19H38OSi. The predicted molar refractivity (Wildman–Crippen MR) is 99.3 cm³/mol. The molecule has 0 aliphatic carbocycles. The first-order chi connectivity index (χ1) is 9.27. The molecule has 1 unspecified atom stereocenters. The van der Waals surface area contributed by atoms with Gasteiger partial charge in [0.05, 0.1) is 0 Å². The lowest BCUT2D eigenvalue weighted by Crippen LogP contribution is -2.41. The van der Waals surface area contributed by atoms with Crippen molar-refractivity contribution in [2.24, 2.45) is 11.3 Å². The fourth-order valence-corrected chi connectivity index (χ4v) is 2.85. The molecule has 1 atom stereocenters. The van der Waals surface area contributed by atoms with Gasteiger partial charge in [-0.25, -0.2) is 0 Å². The molecule has 2 heteroatoms. The van der Waals surface area contributed by atoms with E-state index in [1.165, 1.54) is 12.8 Å². The third-order valence-electron chi connectivity index (χ3n) is 4.64. The van der Waals surface area contributed by atoms with Crippen LogP contribution in [0.1, 0.15) is 61.3 Å². The smallest absolute Gasteiger partial charge is 0.191 e. The van der Waals surface area contributed by atoms with Gasteiger partial charge in [0.2, 0.25) is 0 Å². The Kier molecular flexibility index (Phi) is 7.65. The first-order valence-corrected chi connectivity index (χ1v) is 11.2. The Balaban J connectivity index is 4.28. The van der Waals surface area contributed by atoms with Crippen LogP contribution in [0.15, 0.2) is 24.3 Å². The highest BCUT2D eigenvalue weighted by Crippen LogP contribution is 2.37. The SMILES string of the molecule is C=C(C)/C=C/C(C)(C)CCC(C)CO[Si](C)(C)C(C)(C)C. The summed E-state index contributed by atoms with van der Waals surface area (Å²) in [6.07, 6.45) is 6.83. The molecule has 0 aromatic heterocycles. The van der Waals surface area contributed by atoms with E-state index in [1.54, 1.807) is 0 Å². The van der Waals surface area contributed by atoms with E-state index in [0.29, 0.717) is 11.0 Å². The molecule has 0 amide bonds. The normalized spacial score (nSPS) is 15.5. The zero-order chi connectivity index (χ0) is 16.9. The van der Waals surface area contributed by atoms with Crippen molar-refractivity contribution in [1.29, 1.82) is 0 Å². The van der Waals surface area contributed by atoms with Crippen molar-refractivity contribution < 1.29 is 4.43 Å². The van der Waals surface area contributed by atoms with E-state index in [9.17, 15) is 0 Å². The molecule has 0 heterocycles. The first-order valence-electron chi connectivity index (χ1n) is 8.25. The van der Waals surface area contributed by atoms with Crippen LogP contribution in [-0.2, 0) is 4.43 Å². The summed E-state index contributed by atoms with van der Waals surface area (Å²) >= 11 is 0. The van der Waals surface area contributed by atoms with Crippen molar-refractivity contribution in [2.45, 2.75) is 79.4 Å². The third-order valence-corrected chi connectivity index (χ3v) is 9.14. The summed E-state index contributed by atoms with van der Waals surface area (Å²) in [5.41, 5.74) is 1.36. The molecule has 0 aliphatic heterocycles. The molecule has 0 fully saturated rings. The highest BCUT2D eigenvalue weighted by molar-refractivity contribution is 6.74. The van der Waals surface area contributed by atoms with E-state index in [-0.39, 0.29) is 5.41 Å². The molecule has 0 aromatic rings. The second kappa shape index (κ2) is 7.78. The molecule has 21 heavy (non-hydrogen) atoms. The minimum Gasteiger partial charge on any atom is -0.417 e. The van der Waals surface area contributed by atoms with Gasteiger partial charge in [-0.3, -0.25) is 0 Å². The van der Waals surface area contributed by atoms with Crippen molar-refractivity contribution in [3.63, 3.8) is 0 Å². The van der Waals surface area contributed by atoms with E-state index < -0.39 is 8.32 Å². The minimum atomic E-state index is -1.60. The average Bonchev–Trinajstić information content (AvgIpc) is 2.30. The maximum atomic E-state index is 6.33. The predicted octanol–water partition coefficient (Wildman–Crippen LogP) is 6.58. The Bertz CT molecular complexity index is 358. The van der Waals surface area contributed by atoms with Crippen molar-refractivity contribution in [2.75, 3.05) is 6.61 Å². The van der Waals surface area contributed by atoms with Gasteiger partial charge in [0, 0.05) is 6.61 Å². The van der Waals surface area contributed by atoms with E-state index >= 15 is 0 Å². The van der Waals surface area contributed by atoms with Crippen LogP contribution in [0.4, 0.5) is 0 Å². The molecule has 0 saturated heterocycles. The highest BCUT2D eigenvalue weighted by Gasteiger charge is 2.37. The molecule has 0 aromatic carbocycles. The van der Waals surface area contributed by atoms with Gasteiger partial charge in [0.15, 0.2) is 8.32 Å². The summed E-state index contributed by atoms with van der Waals surface area (Å²) in [6.45, 7) is 25.4. The zero-order valence-corrected chi connectivity index (χ0v) is 17.0. The van der Waals surface area contributed by atoms with E-state index in [2.05, 4.69) is 73.4 Å². The summed E-state index contributed by atoms with van der Waals surface area (Å²) < 4.78 is 6.33. The van der Waals surface area contributed by atoms with Gasteiger partial charge < -0.3 is 4.43 Å². The highest BCUT2D eigenvalue weighted by atomic mass is 28.4. The van der Waals surface area contributed by atoms with Crippen molar-refractivity contribution in [3.8, 4) is 0 Å². The van der Waals surface area contributed by atoms with Gasteiger partial charge in [-0.05, 0) is 49.2 Å². The molecule has 0 rings (SSSR count). The molecule has 0 radical (unpaired) electrons. The lowest BCUT2D eigenvalue weighted by Gasteiger charge is -2.37. The van der Waals surface area contributed by atoms with Crippen LogP contribution >= 0.6 is 0 Å². The largest absolute Gasteiger partial charge is 0.417 e. The summed E-state index contributed by atoms with van der Waals surface area (Å²) in [4.78, 5) is 0. The quantitative estimate of drug-likeness (QED) is 0.363. The Morgan fingerprint density at radius 2 is 1.71 bits per heavy atom. The van der Waals surface area contributed by atoms with Gasteiger partial charge in [-0.15, -0.1) is 0 Å². The molecule has 1 nitrogen and oxygen atoms in total. The van der Waals surface area contributed by atoms with Crippen LogP contribution in [0.25, 0.3) is 0 Å². The lowest BCUT2D eigenvalue weighted by molar-refractivity contribution is 0.218. The monoisotopic (exact) mass is 310 g/mol. The van der Waals surface area contributed by atoms with Gasteiger partial charge in [0.25, 0.3) is 0 Å². The van der Waals surface area contributed by atoms with Crippen LogP contribution < -0.4 is 0 Å². The van der Waals surface area contributed by atoms with E-state index in [0.717, 1.165) is 12.2 Å². The summed E-state index contributed by atoms with van der Waals surface area (Å²) in [5, 5.41) is 0.302. The van der Waals surface area contributed by atoms with Crippen molar-refractivity contribution >= 4 is 8.32 Å². The maximum absolute atomic E-state index is 6.33. The molecule has 0 saturated carbocycles. The van der Waals surface area contributed by atoms with Crippen LogP contribution in [0, 0.1) is 11.3 Å². The van der Waals surface area contributed by atoms with E-state index in [1.807, 2.05) is 6.92 Å². The average molecular weight is 311 g/mol. The number of rotatable bonds is 8. The van der Waals surface area contributed by atoms with Gasteiger partial charge >= 0.3 is 0 Å². The van der Waals surface area contributed by atoms with Gasteiger partial charge in [-0.2, -0.15) is 0 Å². The Morgan fingerprint density at radius 1 is 1.19 bits per heavy atom. The second-order valence-corrected chi connectivity index (χ2v) is 13.7. The first kappa shape index (κ1) is 20.7. The molecule has 0 aliphatic rings. The molecule has 0 N–H and O–H groups in total. The Labute approximate surface area is 135 Å². The van der Waals surface area contributed by atoms with Gasteiger partial charge in [-0.1, -0.05) is 65.8 Å². The zero-order valence-electron chi connectivity index (χ0n) is 16.0. The molecule has 124 valence electrons. The topological polar surface area (TPSA) is 9.23 Å². The third kappa shape index (κ3) is 8.62. The van der Waals surface area contributed by atoms with Crippen LogP contribution in [0.3, 0.4) is 0 Å².